The van der Waals surface area contributed by atoms with Gasteiger partial charge in [-0.05, 0) is 12.5 Å². The molecule has 6 N–H and O–H groups in total. The number of nitrogens with one attached hydrogen (secondary N) is 3. The van der Waals surface area contributed by atoms with E-state index in [2.05, 4.69) is 28.6 Å². The highest BCUT2D eigenvalue weighted by Crippen LogP contribution is 2.04. The molecule has 0 heterocycles. The fourth-order valence-corrected chi connectivity index (χ4v) is 2.43. The lowest BCUT2D eigenvalue weighted by molar-refractivity contribution is -0.142. The average Bonchev–Trinajstić information content (AvgIpc) is 2.65. The molecular weight excluding hydrogens is 372 g/mol. The van der Waals surface area contributed by atoms with Crippen molar-refractivity contribution in [1.82, 2.24) is 16.0 Å². The zero-order valence-electron chi connectivity index (χ0n) is 14.8. The third-order valence-corrected chi connectivity index (χ3v) is 4.03. The standard InChI is InChI=1S/C17H24N4O5S/c1-10(19-16(24)13(9-27)20-14(22)8-18)15(23)21-12(17(25)26)7-11-5-3-2-4-6-11/h2-6,10,12-13,27H,7-9,18H2,1H3,(H,19,24)(H,20,22)(H,21,23)(H,25,26). The molecular formula is C17H24N4O5S. The monoisotopic (exact) mass is 396 g/mol. The molecule has 0 fully saturated rings. The summed E-state index contributed by atoms with van der Waals surface area (Å²) in [7, 11) is 0. The third-order valence-electron chi connectivity index (χ3n) is 3.67. The summed E-state index contributed by atoms with van der Waals surface area (Å²) in [5.41, 5.74) is 5.93. The molecule has 1 rings (SSSR count). The van der Waals surface area contributed by atoms with E-state index in [-0.39, 0.29) is 18.7 Å². The summed E-state index contributed by atoms with van der Waals surface area (Å²) in [4.78, 5) is 47.1. The topological polar surface area (TPSA) is 151 Å². The number of hydrogen-bond acceptors (Lipinski definition) is 6. The van der Waals surface area contributed by atoms with Gasteiger partial charge < -0.3 is 26.8 Å². The quantitative estimate of drug-likeness (QED) is 0.270. The van der Waals surface area contributed by atoms with Crippen LogP contribution in [0.4, 0.5) is 0 Å². The first-order chi connectivity index (χ1) is 12.8. The van der Waals surface area contributed by atoms with Crippen molar-refractivity contribution in [3.63, 3.8) is 0 Å². The van der Waals surface area contributed by atoms with Crippen molar-refractivity contribution in [3.05, 3.63) is 35.9 Å². The fourth-order valence-electron chi connectivity index (χ4n) is 2.17. The van der Waals surface area contributed by atoms with Crippen molar-refractivity contribution in [3.8, 4) is 0 Å². The number of benzene rings is 1. The lowest BCUT2D eigenvalue weighted by Crippen LogP contribution is -2.56. The number of carbonyl (C=O) groups excluding carboxylic acids is 3. The van der Waals surface area contributed by atoms with Crippen LogP contribution in [0.3, 0.4) is 0 Å². The van der Waals surface area contributed by atoms with Gasteiger partial charge in [-0.25, -0.2) is 4.79 Å². The van der Waals surface area contributed by atoms with Gasteiger partial charge in [-0.1, -0.05) is 30.3 Å². The van der Waals surface area contributed by atoms with Crippen LogP contribution in [0, 0.1) is 0 Å². The molecule has 0 aliphatic rings. The van der Waals surface area contributed by atoms with Crippen LogP contribution >= 0.6 is 12.6 Å². The molecule has 0 bridgehead atoms. The number of hydrogen-bond donors (Lipinski definition) is 6. The molecule has 1 aromatic carbocycles. The zero-order valence-corrected chi connectivity index (χ0v) is 15.7. The number of carbonyl (C=O) groups is 4. The van der Waals surface area contributed by atoms with E-state index in [1.165, 1.54) is 6.92 Å². The van der Waals surface area contributed by atoms with Gasteiger partial charge in [0, 0.05) is 12.2 Å². The third kappa shape index (κ3) is 7.67. The molecule has 3 atom stereocenters. The van der Waals surface area contributed by atoms with Gasteiger partial charge in [0.1, 0.15) is 18.1 Å². The first-order valence-electron chi connectivity index (χ1n) is 8.26. The first-order valence-corrected chi connectivity index (χ1v) is 8.89. The molecule has 0 saturated carbocycles. The van der Waals surface area contributed by atoms with Crippen molar-refractivity contribution in [2.45, 2.75) is 31.5 Å². The number of aliphatic carboxylic acids is 1. The van der Waals surface area contributed by atoms with Crippen LogP contribution in [0.15, 0.2) is 30.3 Å². The Morgan fingerprint density at radius 1 is 1.04 bits per heavy atom. The molecule has 0 aliphatic carbocycles. The summed E-state index contributed by atoms with van der Waals surface area (Å²) in [6.07, 6.45) is 0.106. The highest BCUT2D eigenvalue weighted by molar-refractivity contribution is 7.80. The van der Waals surface area contributed by atoms with E-state index in [1.54, 1.807) is 30.3 Å². The molecule has 3 unspecified atom stereocenters. The van der Waals surface area contributed by atoms with Crippen molar-refractivity contribution in [2.24, 2.45) is 5.73 Å². The van der Waals surface area contributed by atoms with Gasteiger partial charge in [0.25, 0.3) is 0 Å². The Hall–Kier alpha value is -2.59. The average molecular weight is 396 g/mol. The Morgan fingerprint density at radius 3 is 2.19 bits per heavy atom. The van der Waals surface area contributed by atoms with Gasteiger partial charge in [-0.15, -0.1) is 0 Å². The normalized spacial score (nSPS) is 13.7. The molecule has 10 heteroatoms. The van der Waals surface area contributed by atoms with Crippen LogP contribution in [0.5, 0.6) is 0 Å². The predicted molar refractivity (Wildman–Crippen MR) is 102 cm³/mol. The molecule has 0 aliphatic heterocycles. The molecule has 27 heavy (non-hydrogen) atoms. The van der Waals surface area contributed by atoms with Gasteiger partial charge in [0.15, 0.2) is 0 Å². The van der Waals surface area contributed by atoms with Crippen LogP contribution in [0.1, 0.15) is 12.5 Å². The van der Waals surface area contributed by atoms with Crippen LogP contribution < -0.4 is 21.7 Å². The minimum absolute atomic E-state index is 0.0116. The second-order valence-electron chi connectivity index (χ2n) is 5.83. The van der Waals surface area contributed by atoms with Crippen molar-refractivity contribution < 1.29 is 24.3 Å². The summed E-state index contributed by atoms with van der Waals surface area (Å²) >= 11 is 3.99. The Kier molecular flexibility index (Phi) is 9.31. The summed E-state index contributed by atoms with van der Waals surface area (Å²) in [6.45, 7) is 1.13. The largest absolute Gasteiger partial charge is 0.480 e. The highest BCUT2D eigenvalue weighted by atomic mass is 32.1. The first kappa shape index (κ1) is 22.5. The van der Waals surface area contributed by atoms with E-state index < -0.39 is 41.8 Å². The molecule has 1 aromatic rings. The number of carboxylic acids is 1. The highest BCUT2D eigenvalue weighted by Gasteiger charge is 2.26. The predicted octanol–water partition coefficient (Wildman–Crippen LogP) is -1.32. The van der Waals surface area contributed by atoms with Crippen LogP contribution in [0.2, 0.25) is 0 Å². The Bertz CT molecular complexity index is 671. The second-order valence-corrected chi connectivity index (χ2v) is 6.19. The maximum atomic E-state index is 12.3. The van der Waals surface area contributed by atoms with Crippen molar-refractivity contribution in [1.29, 1.82) is 0 Å². The van der Waals surface area contributed by atoms with Crippen LogP contribution in [-0.2, 0) is 25.6 Å². The number of nitrogens with two attached hydrogens (primary N) is 1. The molecule has 3 amide bonds. The molecule has 0 spiro atoms. The summed E-state index contributed by atoms with van der Waals surface area (Å²) in [6, 6.07) is 5.74. The second kappa shape index (κ2) is 11.2. The number of rotatable bonds is 10. The van der Waals surface area contributed by atoms with Crippen molar-refractivity contribution in [2.75, 3.05) is 12.3 Å². The molecule has 0 radical (unpaired) electrons. The Labute approximate surface area is 162 Å². The minimum Gasteiger partial charge on any atom is -0.480 e. The van der Waals surface area contributed by atoms with Gasteiger partial charge in [-0.2, -0.15) is 12.6 Å². The van der Waals surface area contributed by atoms with Crippen molar-refractivity contribution >= 4 is 36.3 Å². The van der Waals surface area contributed by atoms with E-state index in [0.717, 1.165) is 5.56 Å². The van der Waals surface area contributed by atoms with Crippen LogP contribution in [-0.4, -0.2) is 59.2 Å². The summed E-state index contributed by atoms with van der Waals surface area (Å²) in [5, 5.41) is 16.5. The number of carboxylic acid groups (broad SMARTS) is 1. The van der Waals surface area contributed by atoms with Crippen LogP contribution in [0.25, 0.3) is 0 Å². The van der Waals surface area contributed by atoms with E-state index in [1.807, 2.05) is 0 Å². The SMILES string of the molecule is CC(NC(=O)C(CS)NC(=O)CN)C(=O)NC(Cc1ccccc1)C(=O)O. The Balaban J connectivity index is 2.66. The molecule has 9 nitrogen and oxygen atoms in total. The maximum Gasteiger partial charge on any atom is 0.326 e. The lowest BCUT2D eigenvalue weighted by Gasteiger charge is -2.21. The lowest BCUT2D eigenvalue weighted by atomic mass is 10.1. The smallest absolute Gasteiger partial charge is 0.326 e. The fraction of sp³-hybridized carbons (Fsp3) is 0.412. The van der Waals surface area contributed by atoms with E-state index >= 15 is 0 Å². The van der Waals surface area contributed by atoms with E-state index in [0.29, 0.717) is 0 Å². The van der Waals surface area contributed by atoms with Gasteiger partial charge >= 0.3 is 5.97 Å². The van der Waals surface area contributed by atoms with Gasteiger partial charge in [-0.3, -0.25) is 14.4 Å². The number of thiol groups is 1. The minimum atomic E-state index is -1.19. The summed E-state index contributed by atoms with van der Waals surface area (Å²) in [5.74, 6) is -2.99. The molecule has 0 saturated heterocycles. The molecule has 148 valence electrons. The van der Waals surface area contributed by atoms with E-state index in [9.17, 15) is 24.3 Å². The molecule has 0 aromatic heterocycles. The van der Waals surface area contributed by atoms with Gasteiger partial charge in [0.2, 0.25) is 17.7 Å². The van der Waals surface area contributed by atoms with Gasteiger partial charge in [0.05, 0.1) is 6.54 Å². The zero-order chi connectivity index (χ0) is 20.4. The Morgan fingerprint density at radius 2 is 1.67 bits per heavy atom. The summed E-state index contributed by atoms with van der Waals surface area (Å²) < 4.78 is 0. The number of amides is 3. The van der Waals surface area contributed by atoms with E-state index in [4.69, 9.17) is 5.73 Å². The maximum absolute atomic E-state index is 12.3.